The fourth-order valence-electron chi connectivity index (χ4n) is 0.946. The van der Waals surface area contributed by atoms with Crippen molar-refractivity contribution in [2.75, 3.05) is 6.54 Å². The maximum absolute atomic E-state index is 11.9. The molecule has 6 heteroatoms. The quantitative estimate of drug-likeness (QED) is 0.723. The highest BCUT2D eigenvalue weighted by Crippen LogP contribution is 2.44. The van der Waals surface area contributed by atoms with Crippen molar-refractivity contribution in [1.29, 1.82) is 0 Å². The third kappa shape index (κ3) is 2.60. The Hall–Kier alpha value is -0.780. The molecule has 0 aromatic rings. The third-order valence-electron chi connectivity index (χ3n) is 2.45. The first-order valence-corrected chi connectivity index (χ1v) is 4.36. The number of hydrogen-bond acceptors (Lipinski definition) is 2. The summed E-state index contributed by atoms with van der Waals surface area (Å²) in [4.78, 5) is 11.2. The molecule has 1 aliphatic rings. The molecule has 1 atom stereocenters. The van der Waals surface area contributed by atoms with Crippen molar-refractivity contribution in [2.45, 2.75) is 32.0 Å². The zero-order valence-electron chi connectivity index (χ0n) is 7.82. The van der Waals surface area contributed by atoms with E-state index < -0.39 is 24.2 Å². The van der Waals surface area contributed by atoms with E-state index in [9.17, 15) is 18.0 Å². The summed E-state index contributed by atoms with van der Waals surface area (Å²) >= 11 is 0. The predicted molar refractivity (Wildman–Crippen MR) is 44.4 cm³/mol. The topological polar surface area (TPSA) is 55.1 Å². The summed E-state index contributed by atoms with van der Waals surface area (Å²) in [6, 6.07) is -1.98. The van der Waals surface area contributed by atoms with Crippen LogP contribution in [0.3, 0.4) is 0 Å². The van der Waals surface area contributed by atoms with Crippen LogP contribution in [-0.4, -0.2) is 24.7 Å². The Morgan fingerprint density at radius 1 is 1.57 bits per heavy atom. The van der Waals surface area contributed by atoms with E-state index in [2.05, 4.69) is 5.32 Å². The van der Waals surface area contributed by atoms with Gasteiger partial charge in [0.2, 0.25) is 5.91 Å². The molecular weight excluding hydrogens is 197 g/mol. The van der Waals surface area contributed by atoms with Crippen LogP contribution >= 0.6 is 0 Å². The normalized spacial score (nSPS) is 21.5. The molecule has 0 radical (unpaired) electrons. The second kappa shape index (κ2) is 3.42. The van der Waals surface area contributed by atoms with E-state index in [-0.39, 0.29) is 5.91 Å². The first kappa shape index (κ1) is 11.3. The predicted octanol–water partition coefficient (Wildman–Crippen LogP) is 0.792. The van der Waals surface area contributed by atoms with Crippen LogP contribution in [0.4, 0.5) is 13.2 Å². The van der Waals surface area contributed by atoms with Crippen LogP contribution in [-0.2, 0) is 4.79 Å². The molecule has 0 spiro atoms. The number of carbonyl (C=O) groups is 1. The summed E-state index contributed by atoms with van der Waals surface area (Å²) in [5.74, 6) is -0.336. The zero-order chi connectivity index (χ0) is 11.0. The van der Waals surface area contributed by atoms with Crippen LogP contribution in [0.5, 0.6) is 0 Å². The van der Waals surface area contributed by atoms with Gasteiger partial charge in [-0.15, -0.1) is 0 Å². The van der Waals surface area contributed by atoms with Crippen molar-refractivity contribution in [3.8, 4) is 0 Å². The van der Waals surface area contributed by atoms with Gasteiger partial charge in [0, 0.05) is 12.0 Å². The second-order valence-corrected chi connectivity index (χ2v) is 3.92. The molecule has 0 bridgehead atoms. The van der Waals surface area contributed by atoms with Gasteiger partial charge in [-0.3, -0.25) is 4.79 Å². The molecule has 0 aromatic heterocycles. The number of rotatable bonds is 3. The first-order chi connectivity index (χ1) is 6.26. The Morgan fingerprint density at radius 3 is 2.43 bits per heavy atom. The summed E-state index contributed by atoms with van der Waals surface area (Å²) in [5.41, 5.74) is 4.37. The summed E-state index contributed by atoms with van der Waals surface area (Å²) in [7, 11) is 0. The monoisotopic (exact) mass is 210 g/mol. The van der Waals surface area contributed by atoms with Gasteiger partial charge in [0.1, 0.15) is 6.04 Å². The van der Waals surface area contributed by atoms with E-state index in [4.69, 9.17) is 5.73 Å². The lowest BCUT2D eigenvalue weighted by Crippen LogP contribution is -2.48. The van der Waals surface area contributed by atoms with Crippen molar-refractivity contribution < 1.29 is 18.0 Å². The van der Waals surface area contributed by atoms with Gasteiger partial charge in [-0.1, -0.05) is 6.92 Å². The molecule has 1 unspecified atom stereocenters. The van der Waals surface area contributed by atoms with Gasteiger partial charge in [-0.05, 0) is 12.8 Å². The van der Waals surface area contributed by atoms with E-state index in [1.807, 2.05) is 0 Å². The van der Waals surface area contributed by atoms with E-state index in [1.165, 1.54) is 0 Å². The second-order valence-electron chi connectivity index (χ2n) is 3.92. The summed E-state index contributed by atoms with van der Waals surface area (Å²) in [6.07, 6.45) is -2.97. The van der Waals surface area contributed by atoms with Crippen molar-refractivity contribution in [2.24, 2.45) is 11.1 Å². The first-order valence-electron chi connectivity index (χ1n) is 4.36. The lowest BCUT2D eigenvalue weighted by atomic mass is 10.1. The van der Waals surface area contributed by atoms with Gasteiger partial charge in [0.15, 0.2) is 0 Å². The number of alkyl halides is 3. The van der Waals surface area contributed by atoms with Gasteiger partial charge in [0.05, 0.1) is 0 Å². The Labute approximate surface area is 79.8 Å². The van der Waals surface area contributed by atoms with Crippen LogP contribution in [0.25, 0.3) is 0 Å². The zero-order valence-corrected chi connectivity index (χ0v) is 7.82. The number of hydrogen-bond donors (Lipinski definition) is 2. The summed E-state index contributed by atoms with van der Waals surface area (Å²) < 4.78 is 35.8. The van der Waals surface area contributed by atoms with Crippen LogP contribution in [0.15, 0.2) is 0 Å². The molecule has 1 aliphatic carbocycles. The molecule has 0 saturated heterocycles. The van der Waals surface area contributed by atoms with Gasteiger partial charge in [0.25, 0.3) is 0 Å². The highest BCUT2D eigenvalue weighted by atomic mass is 19.4. The van der Waals surface area contributed by atoms with Crippen molar-refractivity contribution >= 4 is 5.91 Å². The highest BCUT2D eigenvalue weighted by molar-refractivity contribution is 5.84. The molecule has 3 nitrogen and oxygen atoms in total. The third-order valence-corrected chi connectivity index (χ3v) is 2.45. The Bertz CT molecular complexity index is 235. The number of carbonyl (C=O) groups excluding carboxylic acids is 1. The minimum absolute atomic E-state index is 0.336. The van der Waals surface area contributed by atoms with Crippen molar-refractivity contribution in [3.63, 3.8) is 0 Å². The molecule has 1 fully saturated rings. The molecular formula is C8H13F3N2O. The maximum Gasteiger partial charge on any atom is 0.405 e. The smallest absolute Gasteiger partial charge is 0.354 e. The highest BCUT2D eigenvalue weighted by Gasteiger charge is 2.45. The largest absolute Gasteiger partial charge is 0.405 e. The molecule has 14 heavy (non-hydrogen) atoms. The molecule has 3 N–H and O–H groups in total. The maximum atomic E-state index is 11.9. The van der Waals surface area contributed by atoms with E-state index in [1.54, 1.807) is 6.92 Å². The van der Waals surface area contributed by atoms with Gasteiger partial charge in [-0.25, -0.2) is 0 Å². The average Bonchev–Trinajstić information content (AvgIpc) is 2.78. The Kier molecular flexibility index (Phi) is 2.76. The molecule has 0 heterocycles. The standard InChI is InChI=1S/C8H13F3N2O/c1-7(2-3-7)6(14)13-4-5(12)8(9,10)11/h5H,2-4,12H2,1H3,(H,13,14). The van der Waals surface area contributed by atoms with Crippen LogP contribution in [0.1, 0.15) is 19.8 Å². The number of nitrogens with one attached hydrogen (secondary N) is 1. The molecule has 82 valence electrons. The van der Waals surface area contributed by atoms with Gasteiger partial charge >= 0.3 is 6.18 Å². The summed E-state index contributed by atoms with van der Waals surface area (Å²) in [6.45, 7) is 1.18. The molecule has 1 amide bonds. The average molecular weight is 210 g/mol. The Balaban J connectivity index is 2.30. The van der Waals surface area contributed by atoms with Crippen LogP contribution < -0.4 is 11.1 Å². The minimum Gasteiger partial charge on any atom is -0.354 e. The van der Waals surface area contributed by atoms with Crippen LogP contribution in [0, 0.1) is 5.41 Å². The van der Waals surface area contributed by atoms with Gasteiger partial charge in [-0.2, -0.15) is 13.2 Å². The molecule has 1 saturated carbocycles. The van der Waals surface area contributed by atoms with Crippen LogP contribution in [0.2, 0.25) is 0 Å². The van der Waals surface area contributed by atoms with Crippen molar-refractivity contribution in [1.82, 2.24) is 5.32 Å². The number of halogens is 3. The minimum atomic E-state index is -4.45. The van der Waals surface area contributed by atoms with E-state index in [0.29, 0.717) is 0 Å². The fourth-order valence-corrected chi connectivity index (χ4v) is 0.946. The SMILES string of the molecule is CC1(C(=O)NCC(N)C(F)(F)F)CC1. The van der Waals surface area contributed by atoms with E-state index >= 15 is 0 Å². The lowest BCUT2D eigenvalue weighted by molar-refractivity contribution is -0.148. The number of nitrogens with two attached hydrogens (primary N) is 1. The van der Waals surface area contributed by atoms with Gasteiger partial charge < -0.3 is 11.1 Å². The fraction of sp³-hybridized carbons (Fsp3) is 0.875. The lowest BCUT2D eigenvalue weighted by Gasteiger charge is -2.17. The van der Waals surface area contributed by atoms with E-state index in [0.717, 1.165) is 12.8 Å². The van der Waals surface area contributed by atoms with Crippen molar-refractivity contribution in [3.05, 3.63) is 0 Å². The molecule has 1 rings (SSSR count). The number of amides is 1. The molecule has 0 aliphatic heterocycles. The summed E-state index contributed by atoms with van der Waals surface area (Å²) in [5, 5.41) is 2.21. The Morgan fingerprint density at radius 2 is 2.07 bits per heavy atom. The molecule has 0 aromatic carbocycles.